The summed E-state index contributed by atoms with van der Waals surface area (Å²) in [6, 6.07) is 4.79. The average molecular weight is 574 g/mol. The fourth-order valence-corrected chi connectivity index (χ4v) is 5.46. The van der Waals surface area contributed by atoms with Crippen LogP contribution in [0.1, 0.15) is 51.8 Å². The van der Waals surface area contributed by atoms with Gasteiger partial charge in [0, 0.05) is 36.6 Å². The molecule has 0 saturated heterocycles. The molecule has 0 unspecified atom stereocenters. The second-order valence-electron chi connectivity index (χ2n) is 9.91. The van der Waals surface area contributed by atoms with E-state index in [1.54, 1.807) is 57.8 Å². The van der Waals surface area contributed by atoms with Gasteiger partial charge in [-0.2, -0.15) is 5.10 Å². The fourth-order valence-electron chi connectivity index (χ4n) is 4.20. The molecule has 12 heteroatoms. The number of aliphatic hydroxyl groups excluding tert-OH is 1. The summed E-state index contributed by atoms with van der Waals surface area (Å²) in [7, 11) is 1.50. The first-order valence-electron chi connectivity index (χ1n) is 13.0. The Balaban J connectivity index is 0.00000103. The van der Waals surface area contributed by atoms with E-state index in [-0.39, 0.29) is 25.1 Å². The highest BCUT2D eigenvalue weighted by molar-refractivity contribution is 7.21. The van der Waals surface area contributed by atoms with Crippen molar-refractivity contribution in [1.82, 2.24) is 24.2 Å². The minimum absolute atomic E-state index is 0.145. The minimum Gasteiger partial charge on any atom is -0.496 e. The normalized spacial score (nSPS) is 12.0. The summed E-state index contributed by atoms with van der Waals surface area (Å²) >= 11 is 1.27. The molecule has 0 aliphatic carbocycles. The highest BCUT2D eigenvalue weighted by atomic mass is 32.1. The van der Waals surface area contributed by atoms with Crippen LogP contribution in [-0.2, 0) is 17.8 Å². The maximum absolute atomic E-state index is 13.9. The Bertz CT molecular complexity index is 1580. The van der Waals surface area contributed by atoms with E-state index in [4.69, 9.17) is 9.84 Å². The van der Waals surface area contributed by atoms with Crippen molar-refractivity contribution in [2.24, 2.45) is 0 Å². The van der Waals surface area contributed by atoms with Gasteiger partial charge in [0.2, 0.25) is 5.91 Å². The Morgan fingerprint density at radius 3 is 2.45 bits per heavy atom. The van der Waals surface area contributed by atoms with Crippen molar-refractivity contribution < 1.29 is 19.0 Å². The zero-order valence-corrected chi connectivity index (χ0v) is 24.6. The SMILES string of the molecule is CC(C)O.COc1ccc(F)cc1CCn1c(=O)n([C@H](C)C(=O)NC(C)C)c(=O)c2c(C)c(-n3cccn3)sc21. The lowest BCUT2D eigenvalue weighted by Crippen LogP contribution is -2.47. The first-order chi connectivity index (χ1) is 18.9. The third-order valence-corrected chi connectivity index (χ3v) is 7.28. The number of carbonyl (C=O) groups excluding carboxylic acids is 1. The molecule has 1 aromatic carbocycles. The molecule has 3 heterocycles. The molecule has 0 radical (unpaired) electrons. The lowest BCUT2D eigenvalue weighted by Gasteiger charge is -2.19. The highest BCUT2D eigenvalue weighted by Gasteiger charge is 2.26. The number of halogens is 1. The number of nitrogens with one attached hydrogen (secondary N) is 1. The quantitative estimate of drug-likeness (QED) is 0.333. The first-order valence-corrected chi connectivity index (χ1v) is 13.8. The number of methoxy groups -OCH3 is 1. The second-order valence-corrected chi connectivity index (χ2v) is 10.9. The van der Waals surface area contributed by atoms with Crippen LogP contribution in [-0.4, -0.2) is 49.2 Å². The molecule has 2 N–H and O–H groups in total. The van der Waals surface area contributed by atoms with Crippen LogP contribution in [0.4, 0.5) is 4.39 Å². The molecule has 0 bridgehead atoms. The number of nitrogens with zero attached hydrogens (tertiary/aromatic N) is 4. The van der Waals surface area contributed by atoms with Gasteiger partial charge >= 0.3 is 5.69 Å². The van der Waals surface area contributed by atoms with Crippen molar-refractivity contribution in [3.05, 3.63) is 74.4 Å². The van der Waals surface area contributed by atoms with Gasteiger partial charge in [0.05, 0.1) is 12.5 Å². The number of carbonyl (C=O) groups is 1. The number of hydrogen-bond acceptors (Lipinski definition) is 7. The van der Waals surface area contributed by atoms with Crippen molar-refractivity contribution in [1.29, 1.82) is 0 Å². The van der Waals surface area contributed by atoms with Crippen LogP contribution in [0.2, 0.25) is 0 Å². The van der Waals surface area contributed by atoms with Crippen LogP contribution < -0.4 is 21.3 Å². The Labute approximate surface area is 235 Å². The van der Waals surface area contributed by atoms with E-state index in [1.807, 2.05) is 0 Å². The van der Waals surface area contributed by atoms with E-state index in [1.165, 1.54) is 48.1 Å². The summed E-state index contributed by atoms with van der Waals surface area (Å²) in [4.78, 5) is 40.6. The molecule has 216 valence electrons. The van der Waals surface area contributed by atoms with Crippen LogP contribution in [0.15, 0.2) is 46.2 Å². The smallest absolute Gasteiger partial charge is 0.332 e. The summed E-state index contributed by atoms with van der Waals surface area (Å²) < 4.78 is 23.4. The molecule has 0 aliphatic rings. The summed E-state index contributed by atoms with van der Waals surface area (Å²) in [5.41, 5.74) is 0.100. The zero-order valence-electron chi connectivity index (χ0n) is 23.8. The van der Waals surface area contributed by atoms with Crippen molar-refractivity contribution in [2.75, 3.05) is 7.11 Å². The van der Waals surface area contributed by atoms with Crippen LogP contribution in [0, 0.1) is 12.7 Å². The summed E-state index contributed by atoms with van der Waals surface area (Å²) in [6.07, 6.45) is 3.49. The van der Waals surface area contributed by atoms with Gasteiger partial charge in [-0.1, -0.05) is 11.3 Å². The molecule has 40 heavy (non-hydrogen) atoms. The largest absolute Gasteiger partial charge is 0.496 e. The summed E-state index contributed by atoms with van der Waals surface area (Å²) in [5, 5.41) is 16.1. The molecular formula is C28H36FN5O5S. The standard InChI is InChI=1S/C25H28FN5O4S.C3H8O/c1-14(2)28-21(32)16(4)31-22(33)20-15(3)23(30-11-6-10-27-30)36-24(20)29(25(31)34)12-9-17-13-18(26)7-8-19(17)35-5;1-3(2)4/h6-8,10-11,13-14,16H,9,12H2,1-5H3,(H,28,32);3-4H,1-2H3/t16-;/m1./s1. The average Bonchev–Trinajstić information content (AvgIpc) is 3.51. The Morgan fingerprint density at radius 1 is 1.20 bits per heavy atom. The number of aromatic nitrogens is 4. The number of thiophene rings is 1. The topological polar surface area (TPSA) is 120 Å². The third kappa shape index (κ3) is 6.68. The van der Waals surface area contributed by atoms with Crippen molar-refractivity contribution in [3.8, 4) is 10.8 Å². The number of fused-ring (bicyclic) bond motifs is 1. The van der Waals surface area contributed by atoms with Crippen molar-refractivity contribution >= 4 is 27.5 Å². The van der Waals surface area contributed by atoms with Gasteiger partial charge in [-0.3, -0.25) is 14.2 Å². The molecule has 3 aromatic heterocycles. The number of hydrogen-bond donors (Lipinski definition) is 2. The van der Waals surface area contributed by atoms with Crippen molar-refractivity contribution in [3.63, 3.8) is 0 Å². The molecule has 1 atom stereocenters. The lowest BCUT2D eigenvalue weighted by molar-refractivity contribution is -0.124. The van der Waals surface area contributed by atoms with Gasteiger partial charge in [-0.05, 0) is 77.8 Å². The molecule has 10 nitrogen and oxygen atoms in total. The summed E-state index contributed by atoms with van der Waals surface area (Å²) in [5.74, 6) is -0.347. The molecular weight excluding hydrogens is 537 g/mol. The predicted octanol–water partition coefficient (Wildman–Crippen LogP) is 3.58. The van der Waals surface area contributed by atoms with Gasteiger partial charge in [0.25, 0.3) is 5.56 Å². The molecule has 4 aromatic rings. The Kier molecular flexibility index (Phi) is 10.0. The van der Waals surface area contributed by atoms with Crippen LogP contribution in [0.5, 0.6) is 5.75 Å². The highest BCUT2D eigenvalue weighted by Crippen LogP contribution is 2.31. The summed E-state index contributed by atoms with van der Waals surface area (Å²) in [6.45, 7) is 10.5. The monoisotopic (exact) mass is 573 g/mol. The van der Waals surface area contributed by atoms with Crippen LogP contribution in [0.25, 0.3) is 15.2 Å². The molecule has 4 rings (SSSR count). The molecule has 0 fully saturated rings. The van der Waals surface area contributed by atoms with E-state index >= 15 is 0 Å². The molecule has 0 saturated carbocycles. The maximum atomic E-state index is 13.9. The van der Waals surface area contributed by atoms with Gasteiger partial charge in [-0.25, -0.2) is 18.4 Å². The van der Waals surface area contributed by atoms with E-state index < -0.39 is 29.0 Å². The first kappa shape index (κ1) is 30.8. The number of rotatable bonds is 8. The minimum atomic E-state index is -1.03. The number of aliphatic hydroxyl groups is 1. The molecule has 1 amide bonds. The van der Waals surface area contributed by atoms with Gasteiger partial charge in [0.15, 0.2) is 0 Å². The number of aryl methyl sites for hydroxylation is 3. The van der Waals surface area contributed by atoms with Gasteiger partial charge in [0.1, 0.15) is 27.4 Å². The Morgan fingerprint density at radius 2 is 1.88 bits per heavy atom. The van der Waals surface area contributed by atoms with Crippen LogP contribution in [0.3, 0.4) is 0 Å². The fraction of sp³-hybridized carbons (Fsp3) is 0.429. The predicted molar refractivity (Wildman–Crippen MR) is 154 cm³/mol. The van der Waals surface area contributed by atoms with E-state index in [9.17, 15) is 18.8 Å². The third-order valence-electron chi connectivity index (χ3n) is 5.98. The molecule has 0 spiro atoms. The van der Waals surface area contributed by atoms with Gasteiger partial charge < -0.3 is 15.2 Å². The zero-order chi connectivity index (χ0) is 29.7. The number of amides is 1. The van der Waals surface area contributed by atoms with E-state index in [0.717, 1.165) is 4.57 Å². The maximum Gasteiger partial charge on any atom is 0.332 e. The van der Waals surface area contributed by atoms with E-state index in [0.29, 0.717) is 32.1 Å². The van der Waals surface area contributed by atoms with E-state index in [2.05, 4.69) is 10.4 Å². The van der Waals surface area contributed by atoms with Crippen LogP contribution >= 0.6 is 11.3 Å². The lowest BCUT2D eigenvalue weighted by atomic mass is 10.1. The van der Waals surface area contributed by atoms with Gasteiger partial charge in [-0.15, -0.1) is 0 Å². The van der Waals surface area contributed by atoms with Crippen molar-refractivity contribution in [2.45, 2.75) is 72.7 Å². The Hall–Kier alpha value is -3.77. The molecule has 0 aliphatic heterocycles. The number of benzene rings is 1. The second kappa shape index (κ2) is 13.1. The number of ether oxygens (including phenoxy) is 1.